The van der Waals surface area contributed by atoms with Crippen molar-refractivity contribution in [3.63, 3.8) is 0 Å². The minimum atomic E-state index is -0.928. The van der Waals surface area contributed by atoms with Crippen molar-refractivity contribution in [2.75, 3.05) is 13.1 Å². The molecule has 0 unspecified atom stereocenters. The summed E-state index contributed by atoms with van der Waals surface area (Å²) in [7, 11) is 0. The van der Waals surface area contributed by atoms with Crippen LogP contribution in [-0.2, 0) is 4.79 Å². The van der Waals surface area contributed by atoms with Gasteiger partial charge in [0.2, 0.25) is 0 Å². The summed E-state index contributed by atoms with van der Waals surface area (Å²) in [5.41, 5.74) is 2.88. The lowest BCUT2D eigenvalue weighted by molar-refractivity contribution is -0.141. The molecule has 2 heterocycles. The van der Waals surface area contributed by atoms with Crippen molar-refractivity contribution in [1.29, 1.82) is 0 Å². The Hall–Kier alpha value is -2.89. The Labute approximate surface area is 151 Å². The molecule has 1 amide bonds. The molecule has 1 saturated heterocycles. The highest BCUT2D eigenvalue weighted by molar-refractivity contribution is 5.96. The highest BCUT2D eigenvalue weighted by atomic mass is 16.4. The maximum atomic E-state index is 12.9. The zero-order valence-electron chi connectivity index (χ0n) is 15.1. The molecule has 6 heteroatoms. The number of aromatic amines is 1. The largest absolute Gasteiger partial charge is 0.481 e. The molecule has 2 N–H and O–H groups in total. The van der Waals surface area contributed by atoms with Crippen molar-refractivity contribution < 1.29 is 14.7 Å². The number of H-pyrrole nitrogens is 1. The molecule has 0 saturated carbocycles. The zero-order valence-corrected chi connectivity index (χ0v) is 15.1. The number of hydrogen-bond acceptors (Lipinski definition) is 3. The molecule has 136 valence electrons. The van der Waals surface area contributed by atoms with Gasteiger partial charge >= 0.3 is 5.97 Å². The normalized spacial score (nSPS) is 19.6. The third-order valence-corrected chi connectivity index (χ3v) is 5.09. The summed E-state index contributed by atoms with van der Waals surface area (Å²) in [6.45, 7) is 5.80. The molecule has 0 radical (unpaired) electrons. The number of benzene rings is 1. The fourth-order valence-electron chi connectivity index (χ4n) is 3.82. The molecular weight excluding hydrogens is 332 g/mol. The number of carboxylic acid groups (broad SMARTS) is 1. The van der Waals surface area contributed by atoms with Crippen LogP contribution in [0.15, 0.2) is 35.1 Å². The number of likely N-dealkylation sites (tertiary alicyclic amines) is 1. The minimum Gasteiger partial charge on any atom is -0.481 e. The standard InChI is InChI=1S/C20H22N2O4/c1-11-6-4-5-7-14(11)15-9-22(10-16(15)20(25)26)19(24)17-12(2)8-13(3)21-18(17)23/h4-8,15-16H,9-10H2,1-3H3,(H,21,23)(H,25,26)/t15-,16+/m1/s1. The second kappa shape index (κ2) is 6.78. The summed E-state index contributed by atoms with van der Waals surface area (Å²) in [6, 6.07) is 9.38. The molecule has 6 nitrogen and oxygen atoms in total. The van der Waals surface area contributed by atoms with Gasteiger partial charge in [0.25, 0.3) is 11.5 Å². The molecular formula is C20H22N2O4. The van der Waals surface area contributed by atoms with Gasteiger partial charge in [-0.05, 0) is 43.5 Å². The van der Waals surface area contributed by atoms with Gasteiger partial charge in [0.15, 0.2) is 0 Å². The number of nitrogens with zero attached hydrogens (tertiary/aromatic N) is 1. The summed E-state index contributed by atoms with van der Waals surface area (Å²) in [4.78, 5) is 41.1. The van der Waals surface area contributed by atoms with Gasteiger partial charge in [-0.2, -0.15) is 0 Å². The maximum Gasteiger partial charge on any atom is 0.308 e. The maximum absolute atomic E-state index is 12.9. The Morgan fingerprint density at radius 1 is 1.12 bits per heavy atom. The van der Waals surface area contributed by atoms with E-state index in [1.54, 1.807) is 19.9 Å². The van der Waals surface area contributed by atoms with E-state index in [0.717, 1.165) is 11.1 Å². The third-order valence-electron chi connectivity index (χ3n) is 5.09. The van der Waals surface area contributed by atoms with Gasteiger partial charge in [-0.15, -0.1) is 0 Å². The Morgan fingerprint density at radius 3 is 2.42 bits per heavy atom. The monoisotopic (exact) mass is 354 g/mol. The van der Waals surface area contributed by atoms with E-state index < -0.39 is 23.4 Å². The van der Waals surface area contributed by atoms with Gasteiger partial charge in [-0.25, -0.2) is 0 Å². The van der Waals surface area contributed by atoms with E-state index in [9.17, 15) is 19.5 Å². The number of carbonyl (C=O) groups is 2. The summed E-state index contributed by atoms with van der Waals surface area (Å²) in [5.74, 6) is -2.32. The Kier molecular flexibility index (Phi) is 4.68. The van der Waals surface area contributed by atoms with Crippen molar-refractivity contribution >= 4 is 11.9 Å². The van der Waals surface area contributed by atoms with Gasteiger partial charge in [-0.1, -0.05) is 24.3 Å². The second-order valence-corrected chi connectivity index (χ2v) is 6.96. The number of nitrogens with one attached hydrogen (secondary N) is 1. The average molecular weight is 354 g/mol. The molecule has 26 heavy (non-hydrogen) atoms. The molecule has 0 aliphatic carbocycles. The van der Waals surface area contributed by atoms with Crippen LogP contribution >= 0.6 is 0 Å². The summed E-state index contributed by atoms with van der Waals surface area (Å²) < 4.78 is 0. The van der Waals surface area contributed by atoms with E-state index in [4.69, 9.17) is 0 Å². The second-order valence-electron chi connectivity index (χ2n) is 6.96. The summed E-state index contributed by atoms with van der Waals surface area (Å²) >= 11 is 0. The van der Waals surface area contributed by atoms with Crippen molar-refractivity contribution in [3.8, 4) is 0 Å². The van der Waals surface area contributed by atoms with Gasteiger partial charge < -0.3 is 15.0 Å². The number of hydrogen-bond donors (Lipinski definition) is 2. The fourth-order valence-corrected chi connectivity index (χ4v) is 3.82. The van der Waals surface area contributed by atoms with E-state index in [1.165, 1.54) is 4.90 Å². The van der Waals surface area contributed by atoms with Crippen LogP contribution in [0, 0.1) is 26.7 Å². The molecule has 2 atom stereocenters. The fraction of sp³-hybridized carbons (Fsp3) is 0.350. The van der Waals surface area contributed by atoms with E-state index >= 15 is 0 Å². The van der Waals surface area contributed by atoms with Crippen LogP contribution in [0.4, 0.5) is 0 Å². The molecule has 2 aromatic rings. The Morgan fingerprint density at radius 2 is 1.81 bits per heavy atom. The van der Waals surface area contributed by atoms with Gasteiger partial charge in [-0.3, -0.25) is 14.4 Å². The third kappa shape index (κ3) is 3.14. The first-order chi connectivity index (χ1) is 12.3. The smallest absolute Gasteiger partial charge is 0.308 e. The molecule has 1 fully saturated rings. The van der Waals surface area contributed by atoms with E-state index in [-0.39, 0.29) is 24.6 Å². The van der Waals surface area contributed by atoms with Crippen molar-refractivity contribution in [2.24, 2.45) is 5.92 Å². The number of carbonyl (C=O) groups excluding carboxylic acids is 1. The first-order valence-corrected chi connectivity index (χ1v) is 8.57. The van der Waals surface area contributed by atoms with Crippen LogP contribution < -0.4 is 5.56 Å². The Bertz CT molecular complexity index is 932. The number of amides is 1. The van der Waals surface area contributed by atoms with Crippen molar-refractivity contribution in [2.45, 2.75) is 26.7 Å². The number of carboxylic acids is 1. The topological polar surface area (TPSA) is 90.5 Å². The predicted octanol–water partition coefficient (Wildman–Crippen LogP) is 2.24. The zero-order chi connectivity index (χ0) is 19.0. The number of aliphatic carboxylic acids is 1. The predicted molar refractivity (Wildman–Crippen MR) is 97.5 cm³/mol. The average Bonchev–Trinajstić information content (AvgIpc) is 2.99. The molecule has 1 aromatic heterocycles. The van der Waals surface area contributed by atoms with Gasteiger partial charge in [0.05, 0.1) is 5.92 Å². The molecule has 0 spiro atoms. The lowest BCUT2D eigenvalue weighted by Crippen LogP contribution is -2.35. The van der Waals surface area contributed by atoms with E-state index in [0.29, 0.717) is 11.3 Å². The van der Waals surface area contributed by atoms with Crippen LogP contribution in [0.25, 0.3) is 0 Å². The SMILES string of the molecule is Cc1cc(C)c(C(=O)N2C[C@H](C(=O)O)[C@@H](c3ccccc3C)C2)c(=O)[nH]1. The van der Waals surface area contributed by atoms with Crippen LogP contribution in [0.5, 0.6) is 0 Å². The quantitative estimate of drug-likeness (QED) is 0.884. The number of aromatic nitrogens is 1. The van der Waals surface area contributed by atoms with Crippen LogP contribution in [-0.4, -0.2) is 40.0 Å². The summed E-state index contributed by atoms with van der Waals surface area (Å²) in [6.07, 6.45) is 0. The molecule has 1 aliphatic rings. The summed E-state index contributed by atoms with van der Waals surface area (Å²) in [5, 5.41) is 9.65. The van der Waals surface area contributed by atoms with Crippen LogP contribution in [0.3, 0.4) is 0 Å². The van der Waals surface area contributed by atoms with Crippen LogP contribution in [0.1, 0.15) is 38.7 Å². The number of aryl methyl sites for hydroxylation is 3. The van der Waals surface area contributed by atoms with E-state index in [2.05, 4.69) is 4.98 Å². The molecule has 0 bridgehead atoms. The highest BCUT2D eigenvalue weighted by Crippen LogP contribution is 2.35. The van der Waals surface area contributed by atoms with Crippen molar-refractivity contribution in [1.82, 2.24) is 9.88 Å². The number of pyridine rings is 1. The first kappa shape index (κ1) is 17.9. The molecule has 1 aromatic carbocycles. The van der Waals surface area contributed by atoms with Gasteiger partial charge in [0, 0.05) is 24.7 Å². The van der Waals surface area contributed by atoms with Crippen molar-refractivity contribution in [3.05, 3.63) is 68.6 Å². The molecule has 1 aliphatic heterocycles. The first-order valence-electron chi connectivity index (χ1n) is 8.57. The van der Waals surface area contributed by atoms with Crippen LogP contribution in [0.2, 0.25) is 0 Å². The Balaban J connectivity index is 1.96. The highest BCUT2D eigenvalue weighted by Gasteiger charge is 2.41. The van der Waals surface area contributed by atoms with Gasteiger partial charge in [0.1, 0.15) is 5.56 Å². The lowest BCUT2D eigenvalue weighted by Gasteiger charge is -2.18. The minimum absolute atomic E-state index is 0.0881. The molecule has 3 rings (SSSR count). The van der Waals surface area contributed by atoms with E-state index in [1.807, 2.05) is 31.2 Å². The number of rotatable bonds is 3. The lowest BCUT2D eigenvalue weighted by atomic mass is 9.86.